The topological polar surface area (TPSA) is 18.5 Å². The monoisotopic (exact) mass is 454 g/mol. The van der Waals surface area contributed by atoms with Crippen molar-refractivity contribution in [2.75, 3.05) is 18.5 Å². The van der Waals surface area contributed by atoms with Crippen LogP contribution in [0.3, 0.4) is 0 Å². The fourth-order valence-electron chi connectivity index (χ4n) is 3.20. The van der Waals surface area contributed by atoms with Crippen LogP contribution in [0.4, 0.5) is 0 Å². The summed E-state index contributed by atoms with van der Waals surface area (Å²) in [5, 5.41) is 3.78. The van der Waals surface area contributed by atoms with Gasteiger partial charge in [0.2, 0.25) is 0 Å². The number of benzene rings is 2. The molecule has 1 unspecified atom stereocenters. The zero-order valence-corrected chi connectivity index (χ0v) is 18.9. The maximum atomic E-state index is 6.59. The van der Waals surface area contributed by atoms with Crippen LogP contribution in [0, 0.1) is 5.92 Å². The van der Waals surface area contributed by atoms with Gasteiger partial charge in [-0.15, -0.1) is 0 Å². The van der Waals surface area contributed by atoms with Crippen LogP contribution in [0.15, 0.2) is 30.3 Å². The standard InChI is InChI=1S/C23H32BrClO2/c1-3-5-11-18(4-2)17-27-23-20-13-8-7-12-19(20)22(16-21(23)25)26-15-10-6-9-14-24/h7-8,12-13,16,18H,3-6,9-11,14-15,17H2,1-2H3. The number of ether oxygens (including phenoxy) is 2. The third-order valence-electron chi connectivity index (χ3n) is 4.95. The van der Waals surface area contributed by atoms with Gasteiger partial charge in [-0.25, -0.2) is 0 Å². The van der Waals surface area contributed by atoms with E-state index in [-0.39, 0.29) is 0 Å². The average molecular weight is 456 g/mol. The highest BCUT2D eigenvalue weighted by Crippen LogP contribution is 2.40. The Bertz CT molecular complexity index is 689. The smallest absolute Gasteiger partial charge is 0.145 e. The molecule has 0 N–H and O–H groups in total. The van der Waals surface area contributed by atoms with Gasteiger partial charge < -0.3 is 9.47 Å². The molecule has 2 rings (SSSR count). The van der Waals surface area contributed by atoms with Crippen molar-refractivity contribution in [1.29, 1.82) is 0 Å². The van der Waals surface area contributed by atoms with Crippen LogP contribution in [-0.2, 0) is 0 Å². The van der Waals surface area contributed by atoms with Gasteiger partial charge in [0, 0.05) is 22.2 Å². The maximum absolute atomic E-state index is 6.59. The van der Waals surface area contributed by atoms with E-state index >= 15 is 0 Å². The fourth-order valence-corrected chi connectivity index (χ4v) is 3.86. The third-order valence-corrected chi connectivity index (χ3v) is 5.80. The molecule has 27 heavy (non-hydrogen) atoms. The minimum absolute atomic E-state index is 0.574. The average Bonchev–Trinajstić information content (AvgIpc) is 2.69. The molecule has 2 aromatic rings. The molecular weight excluding hydrogens is 424 g/mol. The minimum Gasteiger partial charge on any atom is -0.493 e. The second kappa shape index (κ2) is 12.5. The van der Waals surface area contributed by atoms with E-state index in [4.69, 9.17) is 21.1 Å². The summed E-state index contributed by atoms with van der Waals surface area (Å²) in [6, 6.07) is 10.1. The SMILES string of the molecule is CCCCC(CC)COc1c(Cl)cc(OCCCCCBr)c2ccccc12. The zero-order valence-electron chi connectivity index (χ0n) is 16.6. The highest BCUT2D eigenvalue weighted by atomic mass is 79.9. The first-order valence-electron chi connectivity index (χ1n) is 10.2. The number of alkyl halides is 1. The van der Waals surface area contributed by atoms with E-state index in [0.717, 1.165) is 46.9 Å². The van der Waals surface area contributed by atoms with Crippen LogP contribution in [0.25, 0.3) is 10.8 Å². The van der Waals surface area contributed by atoms with E-state index in [0.29, 0.717) is 24.2 Å². The first-order valence-corrected chi connectivity index (χ1v) is 11.7. The molecule has 0 aromatic heterocycles. The summed E-state index contributed by atoms with van der Waals surface area (Å²) in [5.74, 6) is 2.21. The highest BCUT2D eigenvalue weighted by molar-refractivity contribution is 9.09. The van der Waals surface area contributed by atoms with Crippen molar-refractivity contribution in [3.8, 4) is 11.5 Å². The number of fused-ring (bicyclic) bond motifs is 1. The molecule has 0 saturated carbocycles. The quantitative estimate of drug-likeness (QED) is 0.225. The van der Waals surface area contributed by atoms with Crippen LogP contribution in [0.2, 0.25) is 5.02 Å². The van der Waals surface area contributed by atoms with Gasteiger partial charge >= 0.3 is 0 Å². The Morgan fingerprint density at radius 1 is 1.00 bits per heavy atom. The maximum Gasteiger partial charge on any atom is 0.145 e. The van der Waals surface area contributed by atoms with Gasteiger partial charge in [0.1, 0.15) is 11.5 Å². The van der Waals surface area contributed by atoms with Crippen molar-refractivity contribution in [1.82, 2.24) is 0 Å². The van der Waals surface area contributed by atoms with Gasteiger partial charge in [-0.3, -0.25) is 0 Å². The van der Waals surface area contributed by atoms with E-state index in [1.54, 1.807) is 0 Å². The molecule has 0 fully saturated rings. The number of unbranched alkanes of at least 4 members (excludes halogenated alkanes) is 3. The van der Waals surface area contributed by atoms with Gasteiger partial charge in [-0.2, -0.15) is 0 Å². The first kappa shape index (κ1) is 22.4. The Labute approximate surface area is 177 Å². The molecule has 0 spiro atoms. The summed E-state index contributed by atoms with van der Waals surface area (Å²) in [6.07, 6.45) is 8.19. The molecule has 4 heteroatoms. The molecule has 0 heterocycles. The zero-order chi connectivity index (χ0) is 19.5. The summed E-state index contributed by atoms with van der Waals surface area (Å²) in [6.45, 7) is 5.89. The van der Waals surface area contributed by atoms with E-state index in [1.165, 1.54) is 25.7 Å². The van der Waals surface area contributed by atoms with Crippen molar-refractivity contribution < 1.29 is 9.47 Å². The van der Waals surface area contributed by atoms with Crippen molar-refractivity contribution in [3.63, 3.8) is 0 Å². The normalized spacial score (nSPS) is 12.3. The molecule has 0 radical (unpaired) electrons. The lowest BCUT2D eigenvalue weighted by Crippen LogP contribution is -2.12. The summed E-state index contributed by atoms with van der Waals surface area (Å²) >= 11 is 10.1. The predicted molar refractivity (Wildman–Crippen MR) is 121 cm³/mol. The van der Waals surface area contributed by atoms with E-state index < -0.39 is 0 Å². The molecule has 0 aliphatic heterocycles. The van der Waals surface area contributed by atoms with Crippen molar-refractivity contribution in [2.24, 2.45) is 5.92 Å². The second-order valence-corrected chi connectivity index (χ2v) is 8.26. The van der Waals surface area contributed by atoms with E-state index in [1.807, 2.05) is 18.2 Å². The summed E-state index contributed by atoms with van der Waals surface area (Å²) < 4.78 is 12.3. The molecule has 0 saturated heterocycles. The van der Waals surface area contributed by atoms with Gasteiger partial charge in [-0.1, -0.05) is 84.9 Å². The molecule has 2 aromatic carbocycles. The van der Waals surface area contributed by atoms with Crippen LogP contribution in [0.5, 0.6) is 11.5 Å². The van der Waals surface area contributed by atoms with Crippen molar-refractivity contribution in [3.05, 3.63) is 35.4 Å². The minimum atomic E-state index is 0.574. The fraction of sp³-hybridized carbons (Fsp3) is 0.565. The van der Waals surface area contributed by atoms with Gasteiger partial charge in [0.05, 0.1) is 18.2 Å². The lowest BCUT2D eigenvalue weighted by atomic mass is 10.0. The number of halogens is 2. The van der Waals surface area contributed by atoms with Crippen molar-refractivity contribution in [2.45, 2.75) is 58.8 Å². The Morgan fingerprint density at radius 3 is 2.48 bits per heavy atom. The van der Waals surface area contributed by atoms with Crippen molar-refractivity contribution >= 4 is 38.3 Å². The Kier molecular flexibility index (Phi) is 10.4. The highest BCUT2D eigenvalue weighted by Gasteiger charge is 2.15. The molecule has 1 atom stereocenters. The van der Waals surface area contributed by atoms with E-state index in [9.17, 15) is 0 Å². The largest absolute Gasteiger partial charge is 0.493 e. The number of hydrogen-bond donors (Lipinski definition) is 0. The van der Waals surface area contributed by atoms with E-state index in [2.05, 4.69) is 41.9 Å². The summed E-state index contributed by atoms with van der Waals surface area (Å²) in [5.41, 5.74) is 0. The van der Waals surface area contributed by atoms with Gasteiger partial charge in [0.25, 0.3) is 0 Å². The van der Waals surface area contributed by atoms with Crippen LogP contribution < -0.4 is 9.47 Å². The molecule has 0 bridgehead atoms. The van der Waals surface area contributed by atoms with Gasteiger partial charge in [0.15, 0.2) is 0 Å². The Balaban J connectivity index is 2.13. The molecule has 150 valence electrons. The molecule has 2 nitrogen and oxygen atoms in total. The lowest BCUT2D eigenvalue weighted by Gasteiger charge is -2.19. The summed E-state index contributed by atoms with van der Waals surface area (Å²) in [4.78, 5) is 0. The van der Waals surface area contributed by atoms with Gasteiger partial charge in [-0.05, 0) is 31.6 Å². The molecule has 0 aliphatic rings. The lowest BCUT2D eigenvalue weighted by molar-refractivity contribution is 0.235. The molecule has 0 amide bonds. The first-order chi connectivity index (χ1) is 13.2. The number of rotatable bonds is 13. The van der Waals surface area contributed by atoms with Crippen LogP contribution in [0.1, 0.15) is 58.8 Å². The number of hydrogen-bond acceptors (Lipinski definition) is 2. The van der Waals surface area contributed by atoms with Crippen LogP contribution in [-0.4, -0.2) is 18.5 Å². The Hall–Kier alpha value is -0.930. The Morgan fingerprint density at radius 2 is 1.78 bits per heavy atom. The third kappa shape index (κ3) is 6.87. The second-order valence-electron chi connectivity index (χ2n) is 7.06. The molecule has 0 aliphatic carbocycles. The summed E-state index contributed by atoms with van der Waals surface area (Å²) in [7, 11) is 0. The molecular formula is C23H32BrClO2. The van der Waals surface area contributed by atoms with Crippen LogP contribution >= 0.6 is 27.5 Å². The predicted octanol–water partition coefficient (Wildman–Crippen LogP) is 8.03.